The van der Waals surface area contributed by atoms with Crippen molar-refractivity contribution < 1.29 is 9.59 Å². The van der Waals surface area contributed by atoms with Gasteiger partial charge in [0.15, 0.2) is 5.78 Å². The number of hydrogen-bond acceptors (Lipinski definition) is 4. The zero-order chi connectivity index (χ0) is 16.9. The van der Waals surface area contributed by atoms with Crippen molar-refractivity contribution in [3.8, 4) is 0 Å². The molecule has 1 aromatic heterocycles. The van der Waals surface area contributed by atoms with E-state index in [9.17, 15) is 9.59 Å². The predicted molar refractivity (Wildman–Crippen MR) is 93.8 cm³/mol. The summed E-state index contributed by atoms with van der Waals surface area (Å²) in [4.78, 5) is 28.3. The Morgan fingerprint density at radius 2 is 1.78 bits per heavy atom. The number of nitrogens with one attached hydrogen (secondary N) is 1. The summed E-state index contributed by atoms with van der Waals surface area (Å²) >= 11 is 1.41. The number of benzene rings is 1. The molecule has 23 heavy (non-hydrogen) atoms. The summed E-state index contributed by atoms with van der Waals surface area (Å²) in [6.07, 6.45) is 1.71. The van der Waals surface area contributed by atoms with Crippen molar-refractivity contribution in [2.75, 3.05) is 11.1 Å². The number of hydrogen-bond donors (Lipinski definition) is 1. The van der Waals surface area contributed by atoms with Crippen LogP contribution in [0.15, 0.2) is 53.7 Å². The van der Waals surface area contributed by atoms with Gasteiger partial charge in [-0.1, -0.05) is 38.6 Å². The molecule has 0 bridgehead atoms. The quantitative estimate of drug-likeness (QED) is 0.665. The standard InChI is InChI=1S/C18H20N2O2S/c1-18(2,3)17(22)20-14-9-7-13(8-10-14)15(21)12-23-16-6-4-5-11-19-16/h4-11H,12H2,1-3H3,(H,20,22). The number of rotatable bonds is 5. The Hall–Kier alpha value is -2.14. The van der Waals surface area contributed by atoms with Gasteiger partial charge in [-0.2, -0.15) is 0 Å². The van der Waals surface area contributed by atoms with Crippen molar-refractivity contribution in [3.05, 3.63) is 54.2 Å². The third-order valence-corrected chi connectivity index (χ3v) is 4.08. The molecule has 120 valence electrons. The highest BCUT2D eigenvalue weighted by Crippen LogP contribution is 2.19. The maximum Gasteiger partial charge on any atom is 0.229 e. The van der Waals surface area contributed by atoms with Crippen LogP contribution in [-0.2, 0) is 4.79 Å². The van der Waals surface area contributed by atoms with Gasteiger partial charge in [-0.3, -0.25) is 9.59 Å². The van der Waals surface area contributed by atoms with E-state index in [0.717, 1.165) is 5.03 Å². The van der Waals surface area contributed by atoms with Crippen LogP contribution in [0.25, 0.3) is 0 Å². The second-order valence-corrected chi connectivity index (χ2v) is 7.16. The summed E-state index contributed by atoms with van der Waals surface area (Å²) in [5.74, 6) is 0.321. The fourth-order valence-electron chi connectivity index (χ4n) is 1.71. The van der Waals surface area contributed by atoms with Gasteiger partial charge in [0.1, 0.15) is 0 Å². The molecule has 0 fully saturated rings. The maximum atomic E-state index is 12.2. The summed E-state index contributed by atoms with van der Waals surface area (Å²) in [5.41, 5.74) is 0.870. The van der Waals surface area contributed by atoms with E-state index in [1.807, 2.05) is 39.0 Å². The van der Waals surface area contributed by atoms with Crippen LogP contribution in [0.3, 0.4) is 0 Å². The monoisotopic (exact) mass is 328 g/mol. The second-order valence-electron chi connectivity index (χ2n) is 6.16. The topological polar surface area (TPSA) is 59.1 Å². The van der Waals surface area contributed by atoms with Crippen LogP contribution >= 0.6 is 11.8 Å². The van der Waals surface area contributed by atoms with Crippen LogP contribution < -0.4 is 5.32 Å². The Balaban J connectivity index is 1.94. The van der Waals surface area contributed by atoms with Gasteiger partial charge in [-0.25, -0.2) is 4.98 Å². The number of carbonyl (C=O) groups excluding carboxylic acids is 2. The fourth-order valence-corrected chi connectivity index (χ4v) is 2.47. The molecule has 0 atom stereocenters. The van der Waals surface area contributed by atoms with Crippen LogP contribution in [0.1, 0.15) is 31.1 Å². The number of pyridine rings is 1. The molecule has 0 radical (unpaired) electrons. The lowest BCUT2D eigenvalue weighted by molar-refractivity contribution is -0.123. The SMILES string of the molecule is CC(C)(C)C(=O)Nc1ccc(C(=O)CSc2ccccn2)cc1. The van der Waals surface area contributed by atoms with E-state index < -0.39 is 5.41 Å². The lowest BCUT2D eigenvalue weighted by Crippen LogP contribution is -2.27. The molecule has 0 spiro atoms. The van der Waals surface area contributed by atoms with E-state index in [0.29, 0.717) is 17.0 Å². The average Bonchev–Trinajstić information content (AvgIpc) is 2.53. The average molecular weight is 328 g/mol. The van der Waals surface area contributed by atoms with Crippen LogP contribution in [0.5, 0.6) is 0 Å². The summed E-state index contributed by atoms with van der Waals surface area (Å²) in [7, 11) is 0. The molecule has 0 aliphatic carbocycles. The first-order chi connectivity index (χ1) is 10.9. The lowest BCUT2D eigenvalue weighted by atomic mass is 9.95. The van der Waals surface area contributed by atoms with Gasteiger partial charge in [0.25, 0.3) is 0 Å². The van der Waals surface area contributed by atoms with E-state index >= 15 is 0 Å². The van der Waals surface area contributed by atoms with Crippen molar-refractivity contribution in [3.63, 3.8) is 0 Å². The number of carbonyl (C=O) groups is 2. The molecule has 0 aliphatic rings. The molecule has 0 aliphatic heterocycles. The van der Waals surface area contributed by atoms with Gasteiger partial charge in [0.05, 0.1) is 10.8 Å². The summed E-state index contributed by atoms with van der Waals surface area (Å²) in [6.45, 7) is 5.57. The molecule has 4 nitrogen and oxygen atoms in total. The molecule has 2 rings (SSSR count). The van der Waals surface area contributed by atoms with E-state index in [4.69, 9.17) is 0 Å². The number of thioether (sulfide) groups is 1. The molecule has 0 saturated heterocycles. The first-order valence-corrected chi connectivity index (χ1v) is 8.33. The molecule has 1 amide bonds. The molecular formula is C18H20N2O2S. The molecule has 0 saturated carbocycles. The lowest BCUT2D eigenvalue weighted by Gasteiger charge is -2.17. The molecule has 0 unspecified atom stereocenters. The van der Waals surface area contributed by atoms with Crippen molar-refractivity contribution in [2.24, 2.45) is 5.41 Å². The minimum Gasteiger partial charge on any atom is -0.326 e. The largest absolute Gasteiger partial charge is 0.326 e. The Morgan fingerprint density at radius 1 is 1.09 bits per heavy atom. The number of ketones is 1. The molecule has 1 heterocycles. The van der Waals surface area contributed by atoms with E-state index in [1.54, 1.807) is 30.5 Å². The van der Waals surface area contributed by atoms with Gasteiger partial charge in [-0.15, -0.1) is 0 Å². The molecule has 5 heteroatoms. The predicted octanol–water partition coefficient (Wildman–Crippen LogP) is 4.04. The third-order valence-electron chi connectivity index (χ3n) is 3.13. The minimum atomic E-state index is -0.451. The van der Waals surface area contributed by atoms with Crippen LogP contribution in [0.4, 0.5) is 5.69 Å². The van der Waals surface area contributed by atoms with Crippen molar-refractivity contribution >= 4 is 29.1 Å². The Bertz CT molecular complexity index is 676. The number of nitrogens with zero attached hydrogens (tertiary/aromatic N) is 1. The van der Waals surface area contributed by atoms with E-state index in [1.165, 1.54) is 11.8 Å². The zero-order valence-corrected chi connectivity index (χ0v) is 14.3. The summed E-state index contributed by atoms with van der Waals surface area (Å²) < 4.78 is 0. The first kappa shape index (κ1) is 17.2. The molecule has 1 aromatic carbocycles. The van der Waals surface area contributed by atoms with Crippen LogP contribution in [0, 0.1) is 5.41 Å². The Kier molecular flexibility index (Phi) is 5.55. The Labute approximate surface area is 140 Å². The summed E-state index contributed by atoms with van der Waals surface area (Å²) in [5, 5.41) is 3.67. The van der Waals surface area contributed by atoms with Crippen molar-refractivity contribution in [2.45, 2.75) is 25.8 Å². The van der Waals surface area contributed by atoms with Crippen LogP contribution in [-0.4, -0.2) is 22.4 Å². The smallest absolute Gasteiger partial charge is 0.229 e. The number of amides is 1. The van der Waals surface area contributed by atoms with Gasteiger partial charge >= 0.3 is 0 Å². The van der Waals surface area contributed by atoms with E-state index in [2.05, 4.69) is 10.3 Å². The highest BCUT2D eigenvalue weighted by molar-refractivity contribution is 7.99. The van der Waals surface area contributed by atoms with Gasteiger partial charge in [-0.05, 0) is 36.4 Å². The van der Waals surface area contributed by atoms with Gasteiger partial charge < -0.3 is 5.32 Å². The zero-order valence-electron chi connectivity index (χ0n) is 13.5. The molecule has 1 N–H and O–H groups in total. The van der Waals surface area contributed by atoms with E-state index in [-0.39, 0.29) is 11.7 Å². The highest BCUT2D eigenvalue weighted by Gasteiger charge is 2.21. The molecule has 2 aromatic rings. The van der Waals surface area contributed by atoms with Crippen molar-refractivity contribution in [1.82, 2.24) is 4.98 Å². The highest BCUT2D eigenvalue weighted by atomic mass is 32.2. The first-order valence-electron chi connectivity index (χ1n) is 7.35. The normalized spacial score (nSPS) is 11.1. The third kappa shape index (κ3) is 5.21. The molecular weight excluding hydrogens is 308 g/mol. The minimum absolute atomic E-state index is 0.0364. The Morgan fingerprint density at radius 3 is 2.35 bits per heavy atom. The number of Topliss-reactive ketones (excluding diaryl/α,β-unsaturated/α-hetero) is 1. The second kappa shape index (κ2) is 7.42. The van der Waals surface area contributed by atoms with Crippen molar-refractivity contribution in [1.29, 1.82) is 0 Å². The number of anilines is 1. The van der Waals surface area contributed by atoms with Crippen LogP contribution in [0.2, 0.25) is 0 Å². The number of aromatic nitrogens is 1. The van der Waals surface area contributed by atoms with Gasteiger partial charge in [0, 0.05) is 22.9 Å². The summed E-state index contributed by atoms with van der Waals surface area (Å²) in [6, 6.07) is 12.6. The van der Waals surface area contributed by atoms with Gasteiger partial charge in [0.2, 0.25) is 5.91 Å². The maximum absolute atomic E-state index is 12.2. The fraction of sp³-hybridized carbons (Fsp3) is 0.278.